The van der Waals surface area contributed by atoms with Crippen LogP contribution >= 0.6 is 0 Å². The number of rotatable bonds is 6. The van der Waals surface area contributed by atoms with Crippen molar-refractivity contribution < 1.29 is 23.9 Å². The number of ether oxygens (including phenoxy) is 2. The van der Waals surface area contributed by atoms with Crippen LogP contribution in [0.15, 0.2) is 66.2 Å². The number of barbiturate groups is 1. The molecule has 0 atom stereocenters. The zero-order chi connectivity index (χ0) is 23.5. The van der Waals surface area contributed by atoms with Gasteiger partial charge in [0.1, 0.15) is 17.1 Å². The van der Waals surface area contributed by atoms with E-state index < -0.39 is 17.8 Å². The molecule has 1 aliphatic heterocycles. The highest BCUT2D eigenvalue weighted by Crippen LogP contribution is 2.34. The van der Waals surface area contributed by atoms with Crippen molar-refractivity contribution in [1.82, 2.24) is 5.32 Å². The van der Waals surface area contributed by atoms with Gasteiger partial charge in [-0.3, -0.25) is 14.9 Å². The number of urea groups is 1. The fraction of sp³-hybridized carbons (Fsp3) is 0.192. The zero-order valence-electron chi connectivity index (χ0n) is 18.6. The maximum Gasteiger partial charge on any atom is 0.336 e. The van der Waals surface area contributed by atoms with Crippen LogP contribution in [0, 0.1) is 0 Å². The number of nitrogens with zero attached hydrogens (tertiary/aromatic N) is 1. The molecule has 1 saturated heterocycles. The first kappa shape index (κ1) is 22.1. The van der Waals surface area contributed by atoms with Gasteiger partial charge >= 0.3 is 6.03 Å². The molecule has 168 valence electrons. The molecule has 0 aliphatic carbocycles. The lowest BCUT2D eigenvalue weighted by Gasteiger charge is -2.28. The molecule has 4 rings (SSSR count). The summed E-state index contributed by atoms with van der Waals surface area (Å²) in [7, 11) is 0. The Morgan fingerprint density at radius 1 is 0.939 bits per heavy atom. The molecule has 0 unspecified atom stereocenters. The molecule has 4 amide bonds. The van der Waals surface area contributed by atoms with E-state index in [1.54, 1.807) is 31.2 Å². The summed E-state index contributed by atoms with van der Waals surface area (Å²) in [5, 5.41) is 4.02. The van der Waals surface area contributed by atoms with Crippen LogP contribution in [0.5, 0.6) is 11.5 Å². The molecule has 1 aliphatic rings. The number of anilines is 1. The van der Waals surface area contributed by atoms with Gasteiger partial charge in [0, 0.05) is 5.56 Å². The Morgan fingerprint density at radius 2 is 1.67 bits per heavy atom. The first-order valence-electron chi connectivity index (χ1n) is 10.7. The smallest absolute Gasteiger partial charge is 0.336 e. The minimum Gasteiger partial charge on any atom is -0.492 e. The molecular weight excluding hydrogens is 420 g/mol. The number of fused-ring (bicyclic) bond motifs is 1. The van der Waals surface area contributed by atoms with Gasteiger partial charge in [-0.15, -0.1) is 0 Å². The number of benzene rings is 3. The summed E-state index contributed by atoms with van der Waals surface area (Å²) < 4.78 is 11.6. The SMILES string of the molecule is CCOc1ccccc1N1C(=O)NC(=O)/C(=C\c2c(OC(C)C)ccc3ccccc23)C1=O. The van der Waals surface area contributed by atoms with Gasteiger partial charge in [0.2, 0.25) is 0 Å². The molecule has 3 aromatic rings. The van der Waals surface area contributed by atoms with Gasteiger partial charge in [-0.05, 0) is 55.8 Å². The van der Waals surface area contributed by atoms with Gasteiger partial charge in [-0.25, -0.2) is 9.69 Å². The van der Waals surface area contributed by atoms with Gasteiger partial charge in [0.15, 0.2) is 0 Å². The van der Waals surface area contributed by atoms with Gasteiger partial charge in [-0.1, -0.05) is 42.5 Å². The molecule has 1 fully saturated rings. The summed E-state index contributed by atoms with van der Waals surface area (Å²) in [5.74, 6) is -0.598. The number of amides is 4. The predicted octanol–water partition coefficient (Wildman–Crippen LogP) is 4.69. The third-order valence-electron chi connectivity index (χ3n) is 5.09. The first-order valence-corrected chi connectivity index (χ1v) is 10.7. The molecule has 33 heavy (non-hydrogen) atoms. The van der Waals surface area contributed by atoms with Crippen molar-refractivity contribution in [2.24, 2.45) is 0 Å². The largest absolute Gasteiger partial charge is 0.492 e. The van der Waals surface area contributed by atoms with Gasteiger partial charge in [0.25, 0.3) is 11.8 Å². The minimum absolute atomic E-state index is 0.115. The van der Waals surface area contributed by atoms with E-state index in [2.05, 4.69) is 5.32 Å². The summed E-state index contributed by atoms with van der Waals surface area (Å²) in [5.41, 5.74) is 0.676. The topological polar surface area (TPSA) is 84.9 Å². The average molecular weight is 444 g/mol. The highest BCUT2D eigenvalue weighted by molar-refractivity contribution is 6.39. The molecule has 0 spiro atoms. The lowest BCUT2D eigenvalue weighted by atomic mass is 9.99. The van der Waals surface area contributed by atoms with Crippen LogP contribution in [0.4, 0.5) is 10.5 Å². The Hall–Kier alpha value is -4.13. The number of nitrogens with one attached hydrogen (secondary N) is 1. The second-order valence-electron chi connectivity index (χ2n) is 7.72. The zero-order valence-corrected chi connectivity index (χ0v) is 18.6. The van der Waals surface area contributed by atoms with E-state index in [1.807, 2.05) is 50.2 Å². The van der Waals surface area contributed by atoms with Crippen LogP contribution in [0.2, 0.25) is 0 Å². The van der Waals surface area contributed by atoms with Crippen LogP contribution < -0.4 is 19.7 Å². The number of carbonyl (C=O) groups is 3. The fourth-order valence-corrected chi connectivity index (χ4v) is 3.72. The number of hydrogen-bond acceptors (Lipinski definition) is 5. The van der Waals surface area contributed by atoms with Crippen LogP contribution in [0.3, 0.4) is 0 Å². The van der Waals surface area contributed by atoms with Gasteiger partial charge in [0.05, 0.1) is 18.4 Å². The Morgan fingerprint density at radius 3 is 2.42 bits per heavy atom. The van der Waals surface area contributed by atoms with Crippen molar-refractivity contribution in [2.45, 2.75) is 26.9 Å². The number of hydrogen-bond donors (Lipinski definition) is 1. The Bertz CT molecular complexity index is 1280. The number of imide groups is 2. The van der Waals surface area contributed by atoms with Crippen molar-refractivity contribution in [3.8, 4) is 11.5 Å². The van der Waals surface area contributed by atoms with E-state index in [4.69, 9.17) is 9.47 Å². The quantitative estimate of drug-likeness (QED) is 0.440. The van der Waals surface area contributed by atoms with Crippen LogP contribution in [-0.2, 0) is 9.59 Å². The van der Waals surface area contributed by atoms with Crippen LogP contribution in [0.25, 0.3) is 16.8 Å². The van der Waals surface area contributed by atoms with Crippen molar-refractivity contribution in [2.75, 3.05) is 11.5 Å². The molecule has 0 aromatic heterocycles. The van der Waals surface area contributed by atoms with Crippen molar-refractivity contribution in [1.29, 1.82) is 0 Å². The fourth-order valence-electron chi connectivity index (χ4n) is 3.72. The third kappa shape index (κ3) is 4.30. The number of para-hydroxylation sites is 2. The molecule has 7 nitrogen and oxygen atoms in total. The highest BCUT2D eigenvalue weighted by atomic mass is 16.5. The number of carbonyl (C=O) groups excluding carboxylic acids is 3. The molecule has 0 saturated carbocycles. The van der Waals surface area contributed by atoms with Gasteiger partial charge < -0.3 is 9.47 Å². The van der Waals surface area contributed by atoms with E-state index in [-0.39, 0.29) is 17.4 Å². The standard InChI is InChI=1S/C26H24N2O5/c1-4-32-23-12-8-7-11-21(23)28-25(30)20(24(29)27-26(28)31)15-19-18-10-6-5-9-17(18)13-14-22(19)33-16(2)3/h5-16H,4H2,1-3H3,(H,27,29,31)/b20-15+. The molecule has 0 bridgehead atoms. The van der Waals surface area contributed by atoms with Crippen molar-refractivity contribution in [3.05, 3.63) is 71.8 Å². The van der Waals surface area contributed by atoms with Crippen LogP contribution in [-0.4, -0.2) is 30.6 Å². The molecule has 3 aromatic carbocycles. The lowest BCUT2D eigenvalue weighted by Crippen LogP contribution is -2.54. The minimum atomic E-state index is -0.828. The van der Waals surface area contributed by atoms with E-state index in [0.717, 1.165) is 15.7 Å². The lowest BCUT2D eigenvalue weighted by molar-refractivity contribution is -0.122. The van der Waals surface area contributed by atoms with Crippen molar-refractivity contribution >= 4 is 40.4 Å². The monoisotopic (exact) mass is 444 g/mol. The molecule has 0 radical (unpaired) electrons. The van der Waals surface area contributed by atoms with E-state index in [9.17, 15) is 14.4 Å². The highest BCUT2D eigenvalue weighted by Gasteiger charge is 2.38. The second-order valence-corrected chi connectivity index (χ2v) is 7.72. The summed E-state index contributed by atoms with van der Waals surface area (Å²) in [6.45, 7) is 5.96. The van der Waals surface area contributed by atoms with E-state index in [1.165, 1.54) is 6.08 Å². The van der Waals surface area contributed by atoms with E-state index in [0.29, 0.717) is 23.7 Å². The average Bonchev–Trinajstić information content (AvgIpc) is 2.78. The Labute approximate surface area is 191 Å². The third-order valence-corrected chi connectivity index (χ3v) is 5.09. The van der Waals surface area contributed by atoms with Crippen molar-refractivity contribution in [3.63, 3.8) is 0 Å². The summed E-state index contributed by atoms with van der Waals surface area (Å²) in [6.07, 6.45) is 1.37. The Balaban J connectivity index is 1.86. The van der Waals surface area contributed by atoms with Crippen LogP contribution in [0.1, 0.15) is 26.3 Å². The van der Waals surface area contributed by atoms with E-state index >= 15 is 0 Å². The normalized spacial score (nSPS) is 15.3. The first-order chi connectivity index (χ1) is 15.9. The molecule has 7 heteroatoms. The summed E-state index contributed by atoms with van der Waals surface area (Å²) >= 11 is 0. The summed E-state index contributed by atoms with van der Waals surface area (Å²) in [4.78, 5) is 39.8. The maximum atomic E-state index is 13.5. The Kier molecular flexibility index (Phi) is 6.13. The predicted molar refractivity (Wildman–Crippen MR) is 126 cm³/mol. The van der Waals surface area contributed by atoms with Gasteiger partial charge in [-0.2, -0.15) is 0 Å². The molecule has 1 N–H and O–H groups in total. The molecule has 1 heterocycles. The second kappa shape index (κ2) is 9.16. The maximum absolute atomic E-state index is 13.5. The summed E-state index contributed by atoms with van der Waals surface area (Å²) in [6, 6.07) is 17.2. The molecular formula is C26H24N2O5.